The molecule has 1 saturated carbocycles. The third kappa shape index (κ3) is 2.99. The number of aliphatic hydroxyl groups excluding tert-OH is 1. The van der Waals surface area contributed by atoms with Gasteiger partial charge in [0.2, 0.25) is 10.0 Å². The summed E-state index contributed by atoms with van der Waals surface area (Å²) in [6.45, 7) is 0.563. The van der Waals surface area contributed by atoms with Gasteiger partial charge in [-0.2, -0.15) is 4.31 Å². The van der Waals surface area contributed by atoms with Gasteiger partial charge in [-0.1, -0.05) is 12.1 Å². The largest absolute Gasteiger partial charge is 0.396 e. The lowest BCUT2D eigenvalue weighted by atomic mass is 10.2. The molecule has 0 atom stereocenters. The molecule has 118 valence electrons. The van der Waals surface area contributed by atoms with Crippen molar-refractivity contribution in [1.29, 1.82) is 0 Å². The van der Waals surface area contributed by atoms with Crippen LogP contribution in [0.1, 0.15) is 25.7 Å². The Balaban J connectivity index is 1.99. The molecule has 3 rings (SSSR count). The second-order valence-electron chi connectivity index (χ2n) is 5.63. The Hall–Kier alpha value is -1.50. The number of fused-ring (bicyclic) bond motifs is 1. The molecule has 0 aliphatic heterocycles. The summed E-state index contributed by atoms with van der Waals surface area (Å²) in [6, 6.07) is 7.16. The molecule has 1 heterocycles. The highest BCUT2D eigenvalue weighted by atomic mass is 32.2. The van der Waals surface area contributed by atoms with Crippen LogP contribution in [0.3, 0.4) is 0 Å². The predicted octanol–water partition coefficient (Wildman–Crippen LogP) is 2.16. The van der Waals surface area contributed by atoms with E-state index in [1.54, 1.807) is 34.9 Å². The minimum Gasteiger partial charge on any atom is -0.396 e. The van der Waals surface area contributed by atoms with E-state index >= 15 is 0 Å². The predicted molar refractivity (Wildman–Crippen MR) is 85.0 cm³/mol. The topological polar surface area (TPSA) is 70.5 Å². The first kappa shape index (κ1) is 15.4. The zero-order chi connectivity index (χ0) is 15.6. The highest BCUT2D eigenvalue weighted by Crippen LogP contribution is 2.34. The minimum atomic E-state index is -3.52. The van der Waals surface area contributed by atoms with E-state index in [4.69, 9.17) is 5.11 Å². The molecule has 6 heteroatoms. The summed E-state index contributed by atoms with van der Waals surface area (Å²) in [7, 11) is -3.52. The van der Waals surface area contributed by atoms with Gasteiger partial charge in [0.1, 0.15) is 0 Å². The van der Waals surface area contributed by atoms with Gasteiger partial charge in [0.05, 0.1) is 4.90 Å². The van der Waals surface area contributed by atoms with Crippen molar-refractivity contribution in [3.05, 3.63) is 36.7 Å². The molecule has 1 N–H and O–H groups in total. The Morgan fingerprint density at radius 1 is 1.23 bits per heavy atom. The number of hydrogen-bond acceptors (Lipinski definition) is 4. The number of aliphatic hydroxyl groups is 1. The normalized spacial score (nSPS) is 15.5. The van der Waals surface area contributed by atoms with Crippen molar-refractivity contribution in [2.45, 2.75) is 36.6 Å². The second-order valence-corrected chi connectivity index (χ2v) is 7.49. The van der Waals surface area contributed by atoms with Crippen LogP contribution in [0.4, 0.5) is 0 Å². The van der Waals surface area contributed by atoms with Crippen LogP contribution in [0.15, 0.2) is 41.6 Å². The molecule has 1 aromatic carbocycles. The maximum atomic E-state index is 13.1. The van der Waals surface area contributed by atoms with Crippen molar-refractivity contribution in [2.75, 3.05) is 13.2 Å². The van der Waals surface area contributed by atoms with Crippen LogP contribution in [-0.2, 0) is 10.0 Å². The summed E-state index contributed by atoms with van der Waals surface area (Å²) >= 11 is 0. The fraction of sp³-hybridized carbons (Fsp3) is 0.438. The molecule has 1 aliphatic rings. The fourth-order valence-electron chi connectivity index (χ4n) is 2.69. The third-order valence-corrected chi connectivity index (χ3v) is 5.98. The van der Waals surface area contributed by atoms with Crippen molar-refractivity contribution in [1.82, 2.24) is 9.29 Å². The summed E-state index contributed by atoms with van der Waals surface area (Å²) in [6.07, 6.45) is 6.45. The Morgan fingerprint density at radius 2 is 2.05 bits per heavy atom. The zero-order valence-corrected chi connectivity index (χ0v) is 13.2. The number of rotatable bonds is 7. The van der Waals surface area contributed by atoms with Gasteiger partial charge in [0, 0.05) is 42.4 Å². The molecule has 1 aliphatic carbocycles. The van der Waals surface area contributed by atoms with Gasteiger partial charge in [0.25, 0.3) is 0 Å². The van der Waals surface area contributed by atoms with Crippen molar-refractivity contribution < 1.29 is 13.5 Å². The molecule has 0 bridgehead atoms. The van der Waals surface area contributed by atoms with Crippen LogP contribution in [0.5, 0.6) is 0 Å². The van der Waals surface area contributed by atoms with Crippen LogP contribution in [0, 0.1) is 0 Å². The van der Waals surface area contributed by atoms with Gasteiger partial charge in [-0.05, 0) is 37.8 Å². The van der Waals surface area contributed by atoms with Crippen LogP contribution in [0.2, 0.25) is 0 Å². The lowest BCUT2D eigenvalue weighted by Crippen LogP contribution is -2.34. The molecule has 0 spiro atoms. The summed E-state index contributed by atoms with van der Waals surface area (Å²) in [5, 5.41) is 10.5. The molecular weight excluding hydrogens is 300 g/mol. The lowest BCUT2D eigenvalue weighted by molar-refractivity contribution is 0.275. The van der Waals surface area contributed by atoms with Crippen molar-refractivity contribution in [3.8, 4) is 0 Å². The van der Waals surface area contributed by atoms with E-state index in [0.717, 1.165) is 18.2 Å². The van der Waals surface area contributed by atoms with Gasteiger partial charge in [-0.15, -0.1) is 0 Å². The van der Waals surface area contributed by atoms with Crippen LogP contribution in [0.25, 0.3) is 10.8 Å². The molecule has 22 heavy (non-hydrogen) atoms. The van der Waals surface area contributed by atoms with Crippen LogP contribution in [-0.4, -0.2) is 42.0 Å². The molecule has 0 unspecified atom stereocenters. The maximum absolute atomic E-state index is 13.1. The molecule has 1 aromatic heterocycles. The summed E-state index contributed by atoms with van der Waals surface area (Å²) in [5.74, 6) is 0. The SMILES string of the molecule is O=S(=O)(c1cccc2cnccc12)N(CCCCO)C1CC1. The zero-order valence-electron chi connectivity index (χ0n) is 12.4. The number of sulfonamides is 1. The van der Waals surface area contributed by atoms with Gasteiger partial charge >= 0.3 is 0 Å². The highest BCUT2D eigenvalue weighted by Gasteiger charge is 2.38. The van der Waals surface area contributed by atoms with Crippen molar-refractivity contribution >= 4 is 20.8 Å². The first-order valence-corrected chi connectivity index (χ1v) is 9.04. The smallest absolute Gasteiger partial charge is 0.243 e. The molecule has 0 amide bonds. The standard InChI is InChI=1S/C16H20N2O3S/c19-11-2-1-10-18(14-6-7-14)22(20,21)16-5-3-4-13-12-17-9-8-15(13)16/h3-5,8-9,12,14,19H,1-2,6-7,10-11H2. The van der Waals surface area contributed by atoms with Gasteiger partial charge < -0.3 is 5.11 Å². The molecule has 2 aromatic rings. The minimum absolute atomic E-state index is 0.0957. The van der Waals surface area contributed by atoms with E-state index in [1.807, 2.05) is 6.07 Å². The van der Waals surface area contributed by atoms with Crippen molar-refractivity contribution in [3.63, 3.8) is 0 Å². The number of pyridine rings is 1. The average Bonchev–Trinajstić information content (AvgIpc) is 3.35. The Bertz CT molecular complexity index is 752. The van der Waals surface area contributed by atoms with Gasteiger partial charge in [0.15, 0.2) is 0 Å². The van der Waals surface area contributed by atoms with E-state index in [9.17, 15) is 8.42 Å². The summed E-state index contributed by atoms with van der Waals surface area (Å²) < 4.78 is 27.7. The van der Waals surface area contributed by atoms with Gasteiger partial charge in [-0.3, -0.25) is 4.98 Å². The Labute approximate surface area is 130 Å². The van der Waals surface area contributed by atoms with Crippen molar-refractivity contribution in [2.24, 2.45) is 0 Å². The number of unbranched alkanes of at least 4 members (excludes halogenated alkanes) is 1. The quantitative estimate of drug-likeness (QED) is 0.794. The molecule has 0 radical (unpaired) electrons. The first-order chi connectivity index (χ1) is 10.6. The lowest BCUT2D eigenvalue weighted by Gasteiger charge is -2.22. The van der Waals surface area contributed by atoms with E-state index in [0.29, 0.717) is 29.7 Å². The average molecular weight is 320 g/mol. The number of benzene rings is 1. The Kier molecular flexibility index (Phi) is 4.42. The summed E-state index contributed by atoms with van der Waals surface area (Å²) in [5.41, 5.74) is 0. The monoisotopic (exact) mass is 320 g/mol. The number of aromatic nitrogens is 1. The van der Waals surface area contributed by atoms with E-state index in [2.05, 4.69) is 4.98 Å². The highest BCUT2D eigenvalue weighted by molar-refractivity contribution is 7.89. The Morgan fingerprint density at radius 3 is 2.77 bits per heavy atom. The fourth-order valence-corrected chi connectivity index (χ4v) is 4.62. The van der Waals surface area contributed by atoms with Crippen LogP contribution >= 0.6 is 0 Å². The molecule has 1 fully saturated rings. The molecule has 5 nitrogen and oxygen atoms in total. The second kappa shape index (κ2) is 6.32. The first-order valence-electron chi connectivity index (χ1n) is 7.60. The summed E-state index contributed by atoms with van der Waals surface area (Å²) in [4.78, 5) is 4.40. The van der Waals surface area contributed by atoms with Crippen LogP contribution < -0.4 is 0 Å². The van der Waals surface area contributed by atoms with Gasteiger partial charge in [-0.25, -0.2) is 8.42 Å². The maximum Gasteiger partial charge on any atom is 0.243 e. The molecular formula is C16H20N2O3S. The number of nitrogens with zero attached hydrogens (tertiary/aromatic N) is 2. The molecule has 0 saturated heterocycles. The van der Waals surface area contributed by atoms with E-state index in [1.165, 1.54) is 0 Å². The van der Waals surface area contributed by atoms with E-state index < -0.39 is 10.0 Å². The number of hydrogen-bond donors (Lipinski definition) is 1. The van der Waals surface area contributed by atoms with E-state index in [-0.39, 0.29) is 12.6 Å². The third-order valence-electron chi connectivity index (χ3n) is 3.97.